The van der Waals surface area contributed by atoms with Crippen molar-refractivity contribution in [2.75, 3.05) is 6.61 Å². The SMILES string of the molecule is FC(F)(F)CCCOc1ccc(I2C=I2)cc1. The summed E-state index contributed by atoms with van der Waals surface area (Å²) < 4.78 is 44.8. The second-order valence-electron chi connectivity index (χ2n) is 3.45. The minimum absolute atomic E-state index is 0.0169. The minimum atomic E-state index is -4.08. The second kappa shape index (κ2) is 5.85. The third-order valence-corrected chi connectivity index (χ3v) is 14.4. The van der Waals surface area contributed by atoms with E-state index in [-0.39, 0.29) is 13.0 Å². The van der Waals surface area contributed by atoms with Crippen molar-refractivity contribution in [2.45, 2.75) is 19.0 Å². The zero-order chi connectivity index (χ0) is 12.3. The van der Waals surface area contributed by atoms with Crippen molar-refractivity contribution < 1.29 is 17.9 Å². The number of alkyl halides is 3. The summed E-state index contributed by atoms with van der Waals surface area (Å²) in [7, 11) is 0. The second-order valence-corrected chi connectivity index (χ2v) is 19.3. The van der Waals surface area contributed by atoms with Crippen molar-refractivity contribution in [1.29, 1.82) is 0 Å². The fourth-order valence-corrected chi connectivity index (χ4v) is 13.0. The van der Waals surface area contributed by atoms with E-state index in [2.05, 4.69) is 14.2 Å². The molecule has 0 unspecified atom stereocenters. The maximum absolute atomic E-state index is 11.9. The molecule has 0 radical (unpaired) electrons. The van der Waals surface area contributed by atoms with Gasteiger partial charge in [0.1, 0.15) is 0 Å². The van der Waals surface area contributed by atoms with Crippen LogP contribution in [0.15, 0.2) is 24.3 Å². The zero-order valence-corrected chi connectivity index (χ0v) is 13.1. The summed E-state index contributed by atoms with van der Waals surface area (Å²) in [6, 6.07) is 7.87. The Kier molecular flexibility index (Phi) is 4.67. The molecule has 2 rings (SSSR count). The van der Waals surface area contributed by atoms with Gasteiger partial charge in [0.2, 0.25) is 0 Å². The predicted molar refractivity (Wildman–Crippen MR) is 80.0 cm³/mol. The first kappa shape index (κ1) is 13.6. The molecular weight excluding hydrogens is 459 g/mol. The van der Waals surface area contributed by atoms with E-state index in [0.717, 1.165) is 0 Å². The van der Waals surface area contributed by atoms with Gasteiger partial charge in [-0.1, -0.05) is 0 Å². The van der Waals surface area contributed by atoms with Gasteiger partial charge in [0.05, 0.1) is 0 Å². The summed E-state index contributed by atoms with van der Waals surface area (Å²) in [5.74, 6) is 0.673. The van der Waals surface area contributed by atoms with Crippen LogP contribution < -0.4 is 4.74 Å². The number of hydrogen-bond donors (Lipinski definition) is 0. The van der Waals surface area contributed by atoms with Crippen LogP contribution in [0.4, 0.5) is 13.2 Å². The Morgan fingerprint density at radius 2 is 1.82 bits per heavy atom. The summed E-state index contributed by atoms with van der Waals surface area (Å²) in [6.07, 6.45) is -4.84. The topological polar surface area (TPSA) is 9.23 Å². The molecule has 1 aliphatic heterocycles. The Balaban J connectivity index is 1.71. The van der Waals surface area contributed by atoms with Crippen molar-refractivity contribution >= 4 is 34.6 Å². The van der Waals surface area contributed by atoms with Crippen LogP contribution in [0.2, 0.25) is 0 Å². The van der Waals surface area contributed by atoms with Crippen molar-refractivity contribution in [3.63, 3.8) is 0 Å². The molecule has 1 aromatic carbocycles. The molecule has 96 valence electrons. The Hall–Kier alpha value is 0.140. The van der Waals surface area contributed by atoms with Crippen LogP contribution in [0.1, 0.15) is 12.8 Å². The predicted octanol–water partition coefficient (Wildman–Crippen LogP) is 4.74. The third kappa shape index (κ3) is 5.11. The van der Waals surface area contributed by atoms with Gasteiger partial charge in [-0.3, -0.25) is 0 Å². The van der Waals surface area contributed by atoms with Crippen molar-refractivity contribution in [3.8, 4) is 5.75 Å². The average Bonchev–Trinajstić information content (AvgIpc) is 3.08. The average molecular weight is 470 g/mol. The van der Waals surface area contributed by atoms with Gasteiger partial charge in [0.25, 0.3) is 0 Å². The standard InChI is InChI=1S/C11H11F3I2O/c12-11(13,14)6-1-7-17-10-4-2-9(3-5-10)16-8-15-16/h2-5,8H,1,6-7H2. The summed E-state index contributed by atoms with van der Waals surface area (Å²) in [5.41, 5.74) is 0. The van der Waals surface area contributed by atoms with Crippen LogP contribution in [0.25, 0.3) is 0 Å². The quantitative estimate of drug-likeness (QED) is 0.447. The van der Waals surface area contributed by atoms with E-state index in [4.69, 9.17) is 4.74 Å². The molecule has 0 N–H and O–H groups in total. The molecule has 17 heavy (non-hydrogen) atoms. The fourth-order valence-electron chi connectivity index (χ4n) is 1.22. The number of ether oxygens (including phenoxy) is 1. The summed E-state index contributed by atoms with van der Waals surface area (Å²) in [5, 5.41) is 0. The fraction of sp³-hybridized carbons (Fsp3) is 0.364. The molecule has 1 heterocycles. The van der Waals surface area contributed by atoms with E-state index < -0.39 is 28.4 Å². The van der Waals surface area contributed by atoms with E-state index in [9.17, 15) is 13.2 Å². The first-order chi connectivity index (χ1) is 8.04. The van der Waals surface area contributed by atoms with Crippen LogP contribution in [0, 0.1) is 3.57 Å². The molecule has 0 aromatic heterocycles. The molecule has 0 atom stereocenters. The third-order valence-electron chi connectivity index (χ3n) is 2.06. The van der Waals surface area contributed by atoms with Gasteiger partial charge in [0, 0.05) is 0 Å². The van der Waals surface area contributed by atoms with Crippen molar-refractivity contribution in [3.05, 3.63) is 27.8 Å². The Labute approximate surface area is 111 Å². The molecule has 0 spiro atoms. The van der Waals surface area contributed by atoms with Gasteiger partial charge in [-0.15, -0.1) is 0 Å². The molecule has 0 saturated carbocycles. The van der Waals surface area contributed by atoms with Gasteiger partial charge in [-0.05, 0) is 0 Å². The molecule has 1 aliphatic rings. The van der Waals surface area contributed by atoms with Crippen LogP contribution >= 0.6 is 32.6 Å². The Morgan fingerprint density at radius 1 is 1.18 bits per heavy atom. The Morgan fingerprint density at radius 3 is 2.35 bits per heavy atom. The molecule has 0 aliphatic carbocycles. The first-order valence-corrected chi connectivity index (χ1v) is 14.9. The van der Waals surface area contributed by atoms with Crippen molar-refractivity contribution in [1.82, 2.24) is 0 Å². The molecule has 0 amide bonds. The monoisotopic (exact) mass is 470 g/mol. The van der Waals surface area contributed by atoms with E-state index in [1.807, 2.05) is 12.1 Å². The normalized spacial score (nSPS) is 16.5. The van der Waals surface area contributed by atoms with E-state index >= 15 is 0 Å². The summed E-state index contributed by atoms with van der Waals surface area (Å²) in [4.78, 5) is 0. The van der Waals surface area contributed by atoms with Gasteiger partial charge < -0.3 is 0 Å². The van der Waals surface area contributed by atoms with E-state index in [0.29, 0.717) is 22.5 Å². The number of benzene rings is 1. The number of halogens is 5. The zero-order valence-electron chi connectivity index (χ0n) is 8.81. The van der Waals surface area contributed by atoms with Crippen molar-refractivity contribution in [2.24, 2.45) is 0 Å². The molecule has 0 saturated heterocycles. The van der Waals surface area contributed by atoms with Crippen LogP contribution in [0.5, 0.6) is 5.75 Å². The van der Waals surface area contributed by atoms with Crippen LogP contribution in [-0.4, -0.2) is 14.8 Å². The number of rotatable bonds is 5. The van der Waals surface area contributed by atoms with Crippen LogP contribution in [0.3, 0.4) is 0 Å². The van der Waals surface area contributed by atoms with Gasteiger partial charge in [0.15, 0.2) is 0 Å². The van der Waals surface area contributed by atoms with Gasteiger partial charge in [-0.25, -0.2) is 0 Å². The molecule has 1 nitrogen and oxygen atoms in total. The molecule has 1 aromatic rings. The van der Waals surface area contributed by atoms with Gasteiger partial charge >= 0.3 is 112 Å². The molecule has 6 heteroatoms. The molecule has 0 fully saturated rings. The van der Waals surface area contributed by atoms with Gasteiger partial charge in [-0.2, -0.15) is 0 Å². The summed E-state index contributed by atoms with van der Waals surface area (Å²) >= 11 is -0.311. The molecule has 0 bridgehead atoms. The first-order valence-electron chi connectivity index (χ1n) is 5.00. The van der Waals surface area contributed by atoms with E-state index in [1.54, 1.807) is 0 Å². The maximum atomic E-state index is 11.9. The van der Waals surface area contributed by atoms with Crippen LogP contribution in [-0.2, 0) is 0 Å². The Bertz CT molecular complexity index is 394. The number of hydrogen-bond acceptors (Lipinski definition) is 1. The molecular formula is C11H11F3I2O. The summed E-state index contributed by atoms with van der Waals surface area (Å²) in [6.45, 7) is 0.125. The van der Waals surface area contributed by atoms with E-state index in [1.165, 1.54) is 3.57 Å².